The average molecular weight is 546 g/mol. The number of halogens is 1. The Kier molecular flexibility index (Phi) is 7.76. The van der Waals surface area contributed by atoms with E-state index in [1.54, 1.807) is 25.3 Å². The van der Waals surface area contributed by atoms with Gasteiger partial charge < -0.3 is 14.5 Å². The Morgan fingerprint density at radius 2 is 1.84 bits per heavy atom. The fourth-order valence-electron chi connectivity index (χ4n) is 3.82. The number of benzene rings is 3. The van der Waals surface area contributed by atoms with E-state index in [0.29, 0.717) is 34.1 Å². The highest BCUT2D eigenvalue weighted by molar-refractivity contribution is 7.99. The van der Waals surface area contributed by atoms with E-state index in [1.807, 2.05) is 72.3 Å². The molecule has 0 bridgehead atoms. The fourth-order valence-corrected chi connectivity index (χ4v) is 4.61. The molecular weight excluding hydrogens is 522 g/mol. The van der Waals surface area contributed by atoms with E-state index < -0.39 is 0 Å². The van der Waals surface area contributed by atoms with Gasteiger partial charge in [-0.25, -0.2) is 0 Å². The van der Waals surface area contributed by atoms with Crippen molar-refractivity contribution in [1.29, 1.82) is 0 Å². The van der Waals surface area contributed by atoms with Crippen molar-refractivity contribution in [3.63, 3.8) is 0 Å². The van der Waals surface area contributed by atoms with Gasteiger partial charge in [-0.1, -0.05) is 53.7 Å². The van der Waals surface area contributed by atoms with Crippen LogP contribution in [0.1, 0.15) is 11.1 Å². The minimum absolute atomic E-state index is 0.115. The molecule has 5 aromatic rings. The largest absolute Gasteiger partial charge is 0.497 e. The summed E-state index contributed by atoms with van der Waals surface area (Å²) in [5.41, 5.74) is 5.06. The van der Waals surface area contributed by atoms with E-state index in [-0.39, 0.29) is 11.7 Å². The van der Waals surface area contributed by atoms with Crippen molar-refractivity contribution in [2.24, 2.45) is 0 Å². The first-order valence-corrected chi connectivity index (χ1v) is 13.1. The monoisotopic (exact) mass is 545 g/mol. The highest BCUT2D eigenvalue weighted by Crippen LogP contribution is 2.29. The summed E-state index contributed by atoms with van der Waals surface area (Å²) in [6.45, 7) is 2.41. The van der Waals surface area contributed by atoms with Crippen molar-refractivity contribution in [3.8, 4) is 28.6 Å². The van der Waals surface area contributed by atoms with Crippen LogP contribution in [0.25, 0.3) is 22.8 Å². The molecule has 5 rings (SSSR count). The minimum Gasteiger partial charge on any atom is -0.497 e. The molecule has 0 spiro atoms. The zero-order valence-electron chi connectivity index (χ0n) is 20.7. The van der Waals surface area contributed by atoms with Crippen LogP contribution in [0.4, 0.5) is 5.69 Å². The summed E-state index contributed by atoms with van der Waals surface area (Å²) in [5.74, 6) is 1.02. The maximum atomic E-state index is 12.5. The molecule has 8 nitrogen and oxygen atoms in total. The zero-order chi connectivity index (χ0) is 26.5. The second-order valence-corrected chi connectivity index (χ2v) is 9.82. The third-order valence-electron chi connectivity index (χ3n) is 5.76. The molecule has 2 heterocycles. The van der Waals surface area contributed by atoms with Crippen LogP contribution in [0.3, 0.4) is 0 Å². The fraction of sp³-hybridized carbons (Fsp3) is 0.143. The number of amides is 1. The van der Waals surface area contributed by atoms with Crippen LogP contribution < -0.4 is 10.1 Å². The van der Waals surface area contributed by atoms with Crippen LogP contribution in [0, 0.1) is 6.92 Å². The van der Waals surface area contributed by atoms with Crippen molar-refractivity contribution < 1.29 is 13.9 Å². The second kappa shape index (κ2) is 11.5. The van der Waals surface area contributed by atoms with Gasteiger partial charge in [0, 0.05) is 16.3 Å². The first kappa shape index (κ1) is 25.6. The molecule has 0 fully saturated rings. The minimum atomic E-state index is -0.184. The molecule has 192 valence electrons. The van der Waals surface area contributed by atoms with Crippen LogP contribution >= 0.6 is 23.4 Å². The van der Waals surface area contributed by atoms with E-state index in [2.05, 4.69) is 15.5 Å². The van der Waals surface area contributed by atoms with Crippen molar-refractivity contribution in [2.75, 3.05) is 18.2 Å². The summed E-state index contributed by atoms with van der Waals surface area (Å²) in [6.07, 6.45) is 0. The Bertz CT molecular complexity index is 1550. The molecule has 10 heteroatoms. The Labute approximate surface area is 229 Å². The van der Waals surface area contributed by atoms with Crippen LogP contribution in [0.2, 0.25) is 5.02 Å². The number of hydrogen-bond donors (Lipinski definition) is 1. The molecule has 0 aliphatic rings. The third-order valence-corrected chi connectivity index (χ3v) is 6.81. The third kappa shape index (κ3) is 6.07. The molecule has 2 aromatic heterocycles. The number of methoxy groups -OCH3 is 1. The topological polar surface area (TPSA) is 95.1 Å². The summed E-state index contributed by atoms with van der Waals surface area (Å²) >= 11 is 7.16. The SMILES string of the molecule is COc1ccc(-c2cc(-c3nnc(SCC(=O)Nc4ccc(Cl)cc4C)o3)n(Cc3ccccc3)n2)cc1. The summed E-state index contributed by atoms with van der Waals surface area (Å²) in [6, 6.07) is 24.9. The predicted molar refractivity (Wildman–Crippen MR) is 149 cm³/mol. The molecule has 1 amide bonds. The van der Waals surface area contributed by atoms with Gasteiger partial charge in [-0.3, -0.25) is 9.48 Å². The van der Waals surface area contributed by atoms with E-state index in [0.717, 1.165) is 28.1 Å². The van der Waals surface area contributed by atoms with Crippen LogP contribution in [0.15, 0.2) is 88.5 Å². The molecule has 0 aliphatic carbocycles. The van der Waals surface area contributed by atoms with Crippen molar-refractivity contribution in [1.82, 2.24) is 20.0 Å². The first-order valence-electron chi connectivity index (χ1n) is 11.8. The molecule has 0 aliphatic heterocycles. The van der Waals surface area contributed by atoms with Gasteiger partial charge in [-0.05, 0) is 66.6 Å². The molecule has 38 heavy (non-hydrogen) atoms. The van der Waals surface area contributed by atoms with Crippen LogP contribution in [-0.2, 0) is 11.3 Å². The lowest BCUT2D eigenvalue weighted by Gasteiger charge is -2.07. The zero-order valence-corrected chi connectivity index (χ0v) is 22.3. The molecule has 1 N–H and O–H groups in total. The van der Waals surface area contributed by atoms with Crippen LogP contribution in [0.5, 0.6) is 5.75 Å². The van der Waals surface area contributed by atoms with E-state index in [1.165, 1.54) is 11.8 Å². The Hall–Kier alpha value is -4.08. The smallest absolute Gasteiger partial charge is 0.277 e. The Morgan fingerprint density at radius 1 is 1.05 bits per heavy atom. The maximum absolute atomic E-state index is 12.5. The standard InChI is InChI=1S/C28H24ClN5O3S/c1-18-14-21(29)10-13-23(18)30-26(35)17-38-28-32-31-27(37-28)25-15-24(20-8-11-22(36-2)12-9-20)33-34(25)16-19-6-4-3-5-7-19/h3-15H,16-17H2,1-2H3,(H,30,35). The number of rotatable bonds is 9. The molecule has 0 saturated heterocycles. The van der Waals surface area contributed by atoms with Gasteiger partial charge >= 0.3 is 0 Å². The molecule has 0 saturated carbocycles. The van der Waals surface area contributed by atoms with E-state index in [9.17, 15) is 4.79 Å². The van der Waals surface area contributed by atoms with E-state index in [4.69, 9.17) is 25.9 Å². The van der Waals surface area contributed by atoms with Crippen molar-refractivity contribution >= 4 is 35.0 Å². The highest BCUT2D eigenvalue weighted by Gasteiger charge is 2.19. The number of carbonyl (C=O) groups is 1. The lowest BCUT2D eigenvalue weighted by Crippen LogP contribution is -2.14. The second-order valence-electron chi connectivity index (χ2n) is 8.46. The van der Waals surface area contributed by atoms with E-state index >= 15 is 0 Å². The molecule has 0 unspecified atom stereocenters. The first-order chi connectivity index (χ1) is 18.5. The number of anilines is 1. The lowest BCUT2D eigenvalue weighted by molar-refractivity contribution is -0.113. The number of hydrogen-bond acceptors (Lipinski definition) is 7. The molecule has 3 aromatic carbocycles. The number of carbonyl (C=O) groups excluding carboxylic acids is 1. The normalized spacial score (nSPS) is 10.9. The number of thioether (sulfide) groups is 1. The van der Waals surface area contributed by atoms with Gasteiger partial charge in [-0.15, -0.1) is 10.2 Å². The Morgan fingerprint density at radius 3 is 2.58 bits per heavy atom. The number of ether oxygens (including phenoxy) is 1. The van der Waals surface area contributed by atoms with Crippen molar-refractivity contribution in [3.05, 3.63) is 95.0 Å². The van der Waals surface area contributed by atoms with Gasteiger partial charge in [0.05, 0.1) is 25.1 Å². The maximum Gasteiger partial charge on any atom is 0.277 e. The van der Waals surface area contributed by atoms with Crippen LogP contribution in [-0.4, -0.2) is 38.7 Å². The summed E-state index contributed by atoms with van der Waals surface area (Å²) in [5, 5.41) is 17.0. The predicted octanol–water partition coefficient (Wildman–Crippen LogP) is 6.35. The summed E-state index contributed by atoms with van der Waals surface area (Å²) in [4.78, 5) is 12.5. The summed E-state index contributed by atoms with van der Waals surface area (Å²) in [7, 11) is 1.63. The van der Waals surface area contributed by atoms with Gasteiger partial charge in [0.2, 0.25) is 5.91 Å². The van der Waals surface area contributed by atoms with Crippen molar-refractivity contribution in [2.45, 2.75) is 18.7 Å². The molecule has 0 radical (unpaired) electrons. The van der Waals surface area contributed by atoms with Gasteiger partial charge in [0.15, 0.2) is 0 Å². The number of aryl methyl sites for hydroxylation is 1. The lowest BCUT2D eigenvalue weighted by atomic mass is 10.1. The van der Waals surface area contributed by atoms with Gasteiger partial charge in [-0.2, -0.15) is 5.10 Å². The molecule has 0 atom stereocenters. The average Bonchev–Trinajstić information content (AvgIpc) is 3.57. The Balaban J connectivity index is 1.34. The van der Waals surface area contributed by atoms with Gasteiger partial charge in [0.1, 0.15) is 11.4 Å². The summed E-state index contributed by atoms with van der Waals surface area (Å²) < 4.78 is 13.1. The number of aromatic nitrogens is 4. The molecular formula is C28H24ClN5O3S. The number of nitrogens with zero attached hydrogens (tertiary/aromatic N) is 4. The highest BCUT2D eigenvalue weighted by atomic mass is 35.5. The number of nitrogens with one attached hydrogen (secondary N) is 1. The van der Waals surface area contributed by atoms with Gasteiger partial charge in [0.25, 0.3) is 11.1 Å². The quantitative estimate of drug-likeness (QED) is 0.216.